The first kappa shape index (κ1) is 15.4. The monoisotopic (exact) mass is 293 g/mol. The number of likely N-dealkylation sites (tertiary alicyclic amines) is 1. The molecule has 1 N–H and O–H groups in total. The number of hydrogen-bond donors (Lipinski definition) is 1. The molecule has 0 bridgehead atoms. The fraction of sp³-hybridized carbons (Fsp3) is 0.562. The summed E-state index contributed by atoms with van der Waals surface area (Å²) in [5, 5.41) is 10.2. The van der Waals surface area contributed by atoms with Crippen molar-refractivity contribution in [3.8, 4) is 0 Å². The van der Waals surface area contributed by atoms with Gasteiger partial charge in [0.25, 0.3) is 5.91 Å². The lowest BCUT2D eigenvalue weighted by Gasteiger charge is -2.33. The lowest BCUT2D eigenvalue weighted by Crippen LogP contribution is -2.48. The Balaban J connectivity index is 2.14. The zero-order valence-corrected chi connectivity index (χ0v) is 13.2. The second kappa shape index (κ2) is 6.19. The molecular formula is C16H23NO2S. The van der Waals surface area contributed by atoms with E-state index in [0.29, 0.717) is 5.56 Å². The third kappa shape index (κ3) is 3.36. The van der Waals surface area contributed by atoms with E-state index in [4.69, 9.17) is 0 Å². The first-order chi connectivity index (χ1) is 9.43. The summed E-state index contributed by atoms with van der Waals surface area (Å²) in [4.78, 5) is 14.4. The number of thioether (sulfide) groups is 1. The lowest BCUT2D eigenvalue weighted by molar-refractivity contribution is 0.000336. The Morgan fingerprint density at radius 1 is 1.40 bits per heavy atom. The fourth-order valence-corrected chi connectivity index (χ4v) is 3.35. The second-order valence-electron chi connectivity index (χ2n) is 5.94. The van der Waals surface area contributed by atoms with Gasteiger partial charge in [0.15, 0.2) is 0 Å². The standard InChI is InChI=1S/C16H23NO2S/c1-16(2,19)14-5-4-10-17(14)15(18)13-8-6-12(7-9-13)11-20-3/h6-9,14,19H,4-5,10-11H2,1-3H3. The van der Waals surface area contributed by atoms with Crippen LogP contribution >= 0.6 is 11.8 Å². The molecular weight excluding hydrogens is 270 g/mol. The minimum Gasteiger partial charge on any atom is -0.388 e. The van der Waals surface area contributed by atoms with Crippen molar-refractivity contribution in [3.63, 3.8) is 0 Å². The van der Waals surface area contributed by atoms with Crippen molar-refractivity contribution in [1.29, 1.82) is 0 Å². The van der Waals surface area contributed by atoms with Crippen LogP contribution in [0.25, 0.3) is 0 Å². The molecule has 0 spiro atoms. The van der Waals surface area contributed by atoms with Gasteiger partial charge in [-0.3, -0.25) is 4.79 Å². The minimum atomic E-state index is -0.842. The average molecular weight is 293 g/mol. The predicted molar refractivity (Wildman–Crippen MR) is 84.0 cm³/mol. The highest BCUT2D eigenvalue weighted by Gasteiger charge is 2.38. The molecule has 1 aliphatic rings. The number of hydrogen-bond acceptors (Lipinski definition) is 3. The molecule has 1 amide bonds. The van der Waals surface area contributed by atoms with Crippen LogP contribution in [0.4, 0.5) is 0 Å². The molecule has 1 unspecified atom stereocenters. The van der Waals surface area contributed by atoms with Gasteiger partial charge in [-0.1, -0.05) is 12.1 Å². The van der Waals surface area contributed by atoms with Crippen molar-refractivity contribution in [2.24, 2.45) is 0 Å². The van der Waals surface area contributed by atoms with Gasteiger partial charge >= 0.3 is 0 Å². The van der Waals surface area contributed by atoms with Gasteiger partial charge in [-0.2, -0.15) is 11.8 Å². The zero-order chi connectivity index (χ0) is 14.8. The van der Waals surface area contributed by atoms with Crippen LogP contribution in [0.1, 0.15) is 42.6 Å². The van der Waals surface area contributed by atoms with E-state index < -0.39 is 5.60 Å². The molecule has 0 aromatic heterocycles. The van der Waals surface area contributed by atoms with E-state index in [0.717, 1.165) is 25.1 Å². The molecule has 4 heteroatoms. The maximum absolute atomic E-state index is 12.6. The summed E-state index contributed by atoms with van der Waals surface area (Å²) in [5.74, 6) is 0.995. The Bertz CT molecular complexity index is 464. The molecule has 1 aromatic rings. The van der Waals surface area contributed by atoms with Crippen LogP contribution in [0.2, 0.25) is 0 Å². The van der Waals surface area contributed by atoms with Gasteiger partial charge in [-0.15, -0.1) is 0 Å². The second-order valence-corrected chi connectivity index (χ2v) is 6.81. The Kier molecular flexibility index (Phi) is 4.76. The zero-order valence-electron chi connectivity index (χ0n) is 12.4. The molecule has 0 radical (unpaired) electrons. The maximum atomic E-state index is 12.6. The summed E-state index contributed by atoms with van der Waals surface area (Å²) in [6, 6.07) is 7.74. The molecule has 1 aliphatic heterocycles. The fourth-order valence-electron chi connectivity index (χ4n) is 2.82. The Hall–Kier alpha value is -1.00. The largest absolute Gasteiger partial charge is 0.388 e. The average Bonchev–Trinajstić information content (AvgIpc) is 2.88. The summed E-state index contributed by atoms with van der Waals surface area (Å²) in [5.41, 5.74) is 1.10. The highest BCUT2D eigenvalue weighted by atomic mass is 32.2. The SMILES string of the molecule is CSCc1ccc(C(=O)N2CCCC2C(C)(C)O)cc1. The van der Waals surface area contributed by atoms with E-state index in [-0.39, 0.29) is 11.9 Å². The van der Waals surface area contributed by atoms with Gasteiger partial charge in [-0.25, -0.2) is 0 Å². The van der Waals surface area contributed by atoms with Crippen LogP contribution < -0.4 is 0 Å². The van der Waals surface area contributed by atoms with Crippen LogP contribution in [0.15, 0.2) is 24.3 Å². The van der Waals surface area contributed by atoms with Gasteiger partial charge in [-0.05, 0) is 50.6 Å². The molecule has 1 saturated heterocycles. The highest BCUT2D eigenvalue weighted by Crippen LogP contribution is 2.28. The molecule has 3 nitrogen and oxygen atoms in total. The number of nitrogens with zero attached hydrogens (tertiary/aromatic N) is 1. The van der Waals surface area contributed by atoms with E-state index in [1.54, 1.807) is 25.6 Å². The van der Waals surface area contributed by atoms with Crippen molar-refractivity contribution in [2.45, 2.75) is 44.1 Å². The van der Waals surface area contributed by atoms with Gasteiger partial charge in [0.2, 0.25) is 0 Å². The molecule has 1 heterocycles. The van der Waals surface area contributed by atoms with Gasteiger partial charge in [0.1, 0.15) is 0 Å². The summed E-state index contributed by atoms with van der Waals surface area (Å²) >= 11 is 1.77. The minimum absolute atomic E-state index is 0.0327. The van der Waals surface area contributed by atoms with Crippen molar-refractivity contribution < 1.29 is 9.90 Å². The summed E-state index contributed by atoms with van der Waals surface area (Å²) in [6.07, 6.45) is 3.90. The number of rotatable bonds is 4. The molecule has 0 aliphatic carbocycles. The normalized spacial score (nSPS) is 19.4. The third-order valence-electron chi connectivity index (χ3n) is 3.84. The first-order valence-corrected chi connectivity index (χ1v) is 8.44. The maximum Gasteiger partial charge on any atom is 0.254 e. The molecule has 2 rings (SSSR count). The molecule has 1 fully saturated rings. The van der Waals surface area contributed by atoms with E-state index in [2.05, 4.69) is 6.26 Å². The van der Waals surface area contributed by atoms with Gasteiger partial charge in [0.05, 0.1) is 11.6 Å². The molecule has 20 heavy (non-hydrogen) atoms. The van der Waals surface area contributed by atoms with Crippen LogP contribution in [0.3, 0.4) is 0 Å². The number of aliphatic hydroxyl groups is 1. The topological polar surface area (TPSA) is 40.5 Å². The smallest absolute Gasteiger partial charge is 0.254 e. The Morgan fingerprint density at radius 2 is 2.05 bits per heavy atom. The molecule has 0 saturated carbocycles. The Morgan fingerprint density at radius 3 is 2.60 bits per heavy atom. The summed E-state index contributed by atoms with van der Waals surface area (Å²) in [7, 11) is 0. The van der Waals surface area contributed by atoms with E-state index in [9.17, 15) is 9.90 Å². The summed E-state index contributed by atoms with van der Waals surface area (Å²) in [6.45, 7) is 4.30. The number of amides is 1. The Labute approximate surface area is 125 Å². The third-order valence-corrected chi connectivity index (χ3v) is 4.46. The first-order valence-electron chi connectivity index (χ1n) is 7.04. The lowest BCUT2D eigenvalue weighted by atomic mass is 9.96. The number of carbonyl (C=O) groups excluding carboxylic acids is 1. The van der Waals surface area contributed by atoms with E-state index >= 15 is 0 Å². The predicted octanol–water partition coefficient (Wildman–Crippen LogP) is 2.93. The van der Waals surface area contributed by atoms with Gasteiger partial charge < -0.3 is 10.0 Å². The van der Waals surface area contributed by atoms with Crippen LogP contribution in [0, 0.1) is 0 Å². The molecule has 110 valence electrons. The van der Waals surface area contributed by atoms with E-state index in [1.165, 1.54) is 5.56 Å². The van der Waals surface area contributed by atoms with Crippen molar-refractivity contribution in [3.05, 3.63) is 35.4 Å². The van der Waals surface area contributed by atoms with Crippen molar-refractivity contribution in [2.75, 3.05) is 12.8 Å². The van der Waals surface area contributed by atoms with Gasteiger partial charge in [0, 0.05) is 17.9 Å². The molecule has 1 atom stereocenters. The quantitative estimate of drug-likeness (QED) is 0.928. The van der Waals surface area contributed by atoms with Crippen LogP contribution in [-0.2, 0) is 5.75 Å². The highest BCUT2D eigenvalue weighted by molar-refractivity contribution is 7.97. The van der Waals surface area contributed by atoms with Crippen molar-refractivity contribution >= 4 is 17.7 Å². The van der Waals surface area contributed by atoms with Crippen LogP contribution in [0.5, 0.6) is 0 Å². The summed E-state index contributed by atoms with van der Waals surface area (Å²) < 4.78 is 0. The van der Waals surface area contributed by atoms with Crippen molar-refractivity contribution in [1.82, 2.24) is 4.90 Å². The number of carbonyl (C=O) groups is 1. The van der Waals surface area contributed by atoms with E-state index in [1.807, 2.05) is 29.2 Å². The molecule has 1 aromatic carbocycles. The van der Waals surface area contributed by atoms with Crippen LogP contribution in [-0.4, -0.2) is 40.4 Å². The number of benzene rings is 1.